The number of hydrogen-bond acceptors (Lipinski definition) is 4. The van der Waals surface area contributed by atoms with Crippen molar-refractivity contribution < 1.29 is 19.0 Å². The molecular weight excluding hydrogens is 196 g/mol. The van der Waals surface area contributed by atoms with Crippen molar-refractivity contribution in [2.45, 2.75) is 12.7 Å². The number of rotatable bonds is 2. The van der Waals surface area contributed by atoms with Gasteiger partial charge in [-0.3, -0.25) is 0 Å². The highest BCUT2D eigenvalue weighted by Crippen LogP contribution is 2.35. The van der Waals surface area contributed by atoms with Crippen molar-refractivity contribution in [3.05, 3.63) is 29.3 Å². The van der Waals surface area contributed by atoms with Gasteiger partial charge >= 0.3 is 5.97 Å². The van der Waals surface area contributed by atoms with Gasteiger partial charge in [-0.05, 0) is 11.6 Å². The van der Waals surface area contributed by atoms with Gasteiger partial charge in [-0.1, -0.05) is 12.1 Å². The van der Waals surface area contributed by atoms with Crippen LogP contribution in [0.15, 0.2) is 18.2 Å². The van der Waals surface area contributed by atoms with E-state index in [-0.39, 0.29) is 12.6 Å². The first-order valence-electron chi connectivity index (χ1n) is 4.63. The number of cyclic esters (lactones) is 1. The van der Waals surface area contributed by atoms with Gasteiger partial charge in [0.15, 0.2) is 6.10 Å². The average Bonchev–Trinajstić information content (AvgIpc) is 2.28. The molecule has 1 atom stereocenters. The summed E-state index contributed by atoms with van der Waals surface area (Å²) in [6.45, 7) is 0.283. The van der Waals surface area contributed by atoms with Crippen LogP contribution in [0.4, 0.5) is 0 Å². The summed E-state index contributed by atoms with van der Waals surface area (Å²) in [4.78, 5) is 11.5. The molecule has 0 radical (unpaired) electrons. The van der Waals surface area contributed by atoms with Gasteiger partial charge in [0.1, 0.15) is 12.4 Å². The fraction of sp³-hybridized carbons (Fsp3) is 0.364. The third-order valence-corrected chi connectivity index (χ3v) is 2.46. The molecule has 0 bridgehead atoms. The first-order chi connectivity index (χ1) is 7.27. The summed E-state index contributed by atoms with van der Waals surface area (Å²) >= 11 is 0. The Morgan fingerprint density at radius 1 is 1.40 bits per heavy atom. The van der Waals surface area contributed by atoms with Crippen molar-refractivity contribution >= 4 is 5.97 Å². The number of fused-ring (bicyclic) bond motifs is 1. The molecule has 0 aliphatic carbocycles. The van der Waals surface area contributed by atoms with Crippen LogP contribution < -0.4 is 4.74 Å². The van der Waals surface area contributed by atoms with Crippen LogP contribution in [0, 0.1) is 0 Å². The third kappa shape index (κ3) is 1.57. The monoisotopic (exact) mass is 208 g/mol. The number of carbonyl (C=O) groups excluding carboxylic acids is 1. The Balaban J connectivity index is 2.54. The Morgan fingerprint density at radius 2 is 2.20 bits per heavy atom. The molecule has 1 unspecified atom stereocenters. The lowest BCUT2D eigenvalue weighted by atomic mass is 9.99. The molecule has 1 aliphatic heterocycles. The maximum atomic E-state index is 11.5. The van der Waals surface area contributed by atoms with Gasteiger partial charge in [0.2, 0.25) is 0 Å². The molecule has 0 saturated carbocycles. The predicted molar refractivity (Wildman–Crippen MR) is 52.5 cm³/mol. The summed E-state index contributed by atoms with van der Waals surface area (Å²) in [6.07, 6.45) is -0.676. The van der Waals surface area contributed by atoms with Gasteiger partial charge in [-0.25, -0.2) is 4.79 Å². The molecule has 1 heterocycles. The van der Waals surface area contributed by atoms with Crippen LogP contribution in [0.3, 0.4) is 0 Å². The molecule has 0 N–H and O–H groups in total. The molecule has 1 aliphatic rings. The molecular formula is C11H12O4. The molecule has 2 rings (SSSR count). The zero-order valence-electron chi connectivity index (χ0n) is 8.65. The smallest absolute Gasteiger partial charge is 0.340 e. The first-order valence-corrected chi connectivity index (χ1v) is 4.63. The zero-order valence-corrected chi connectivity index (χ0v) is 8.65. The predicted octanol–water partition coefficient (Wildman–Crippen LogP) is 1.44. The van der Waals surface area contributed by atoms with Crippen molar-refractivity contribution in [3.63, 3.8) is 0 Å². The Labute approximate surface area is 87.8 Å². The van der Waals surface area contributed by atoms with E-state index in [2.05, 4.69) is 0 Å². The second kappa shape index (κ2) is 3.90. The molecule has 0 saturated heterocycles. The van der Waals surface area contributed by atoms with Crippen molar-refractivity contribution in [3.8, 4) is 5.75 Å². The largest absolute Gasteiger partial charge is 0.496 e. The maximum Gasteiger partial charge on any atom is 0.340 e. The molecule has 0 aromatic heterocycles. The second-order valence-corrected chi connectivity index (χ2v) is 3.26. The van der Waals surface area contributed by atoms with E-state index < -0.39 is 6.10 Å². The normalized spacial score (nSPS) is 19.3. The summed E-state index contributed by atoms with van der Waals surface area (Å²) in [5.41, 5.74) is 1.71. The van der Waals surface area contributed by atoms with Gasteiger partial charge in [0, 0.05) is 12.7 Å². The average molecular weight is 208 g/mol. The number of carbonyl (C=O) groups is 1. The SMILES string of the molecule is COc1cccc2c1C(OC)C(=O)OC2. The van der Waals surface area contributed by atoms with Crippen LogP contribution in [0.25, 0.3) is 0 Å². The summed E-state index contributed by atoms with van der Waals surface area (Å²) in [7, 11) is 3.05. The molecule has 80 valence electrons. The topological polar surface area (TPSA) is 44.8 Å². The summed E-state index contributed by atoms with van der Waals surface area (Å²) in [6, 6.07) is 5.57. The lowest BCUT2D eigenvalue weighted by molar-refractivity contribution is -0.159. The van der Waals surface area contributed by atoms with E-state index in [1.54, 1.807) is 7.11 Å². The number of methoxy groups -OCH3 is 2. The zero-order chi connectivity index (χ0) is 10.8. The number of ether oxygens (including phenoxy) is 3. The van der Waals surface area contributed by atoms with E-state index in [0.29, 0.717) is 5.75 Å². The molecule has 0 spiro atoms. The van der Waals surface area contributed by atoms with Crippen molar-refractivity contribution in [2.75, 3.05) is 14.2 Å². The molecule has 1 aromatic rings. The standard InChI is InChI=1S/C11H12O4/c1-13-8-5-3-4-7-6-15-11(12)10(14-2)9(7)8/h3-5,10H,6H2,1-2H3. The minimum atomic E-state index is -0.676. The number of hydrogen-bond donors (Lipinski definition) is 0. The van der Waals surface area contributed by atoms with Gasteiger partial charge in [0.05, 0.1) is 7.11 Å². The number of esters is 1. The van der Waals surface area contributed by atoms with Gasteiger partial charge in [-0.15, -0.1) is 0 Å². The fourth-order valence-corrected chi connectivity index (χ4v) is 1.75. The summed E-state index contributed by atoms with van der Waals surface area (Å²) in [5, 5.41) is 0. The molecule has 4 nitrogen and oxygen atoms in total. The van der Waals surface area contributed by atoms with E-state index in [4.69, 9.17) is 14.2 Å². The first kappa shape index (κ1) is 9.98. The van der Waals surface area contributed by atoms with Crippen molar-refractivity contribution in [2.24, 2.45) is 0 Å². The van der Waals surface area contributed by atoms with Gasteiger partial charge < -0.3 is 14.2 Å². The Bertz CT molecular complexity index is 372. The number of benzene rings is 1. The molecule has 0 fully saturated rings. The van der Waals surface area contributed by atoms with Crippen LogP contribution in [0.5, 0.6) is 5.75 Å². The fourth-order valence-electron chi connectivity index (χ4n) is 1.75. The van der Waals surface area contributed by atoms with Crippen molar-refractivity contribution in [1.29, 1.82) is 0 Å². The maximum absolute atomic E-state index is 11.5. The van der Waals surface area contributed by atoms with Crippen LogP contribution in [0.2, 0.25) is 0 Å². The van der Waals surface area contributed by atoms with E-state index in [1.807, 2.05) is 18.2 Å². The van der Waals surface area contributed by atoms with Crippen LogP contribution in [-0.2, 0) is 20.9 Å². The van der Waals surface area contributed by atoms with E-state index in [9.17, 15) is 4.79 Å². The van der Waals surface area contributed by atoms with E-state index in [0.717, 1.165) is 11.1 Å². The van der Waals surface area contributed by atoms with Gasteiger partial charge in [0.25, 0.3) is 0 Å². The summed E-state index contributed by atoms with van der Waals surface area (Å²) < 4.78 is 15.3. The lowest BCUT2D eigenvalue weighted by Crippen LogP contribution is -2.24. The summed E-state index contributed by atoms with van der Waals surface area (Å²) in [5.74, 6) is 0.297. The van der Waals surface area contributed by atoms with Crippen molar-refractivity contribution in [1.82, 2.24) is 0 Å². The quantitative estimate of drug-likeness (QED) is 0.690. The lowest BCUT2D eigenvalue weighted by Gasteiger charge is -2.24. The second-order valence-electron chi connectivity index (χ2n) is 3.26. The van der Waals surface area contributed by atoms with E-state index >= 15 is 0 Å². The highest BCUT2D eigenvalue weighted by atomic mass is 16.6. The highest BCUT2D eigenvalue weighted by Gasteiger charge is 2.32. The third-order valence-electron chi connectivity index (χ3n) is 2.46. The van der Waals surface area contributed by atoms with Crippen LogP contribution in [0.1, 0.15) is 17.2 Å². The minimum Gasteiger partial charge on any atom is -0.496 e. The molecule has 4 heteroatoms. The van der Waals surface area contributed by atoms with Gasteiger partial charge in [-0.2, -0.15) is 0 Å². The molecule has 0 amide bonds. The highest BCUT2D eigenvalue weighted by molar-refractivity contribution is 5.79. The van der Waals surface area contributed by atoms with Crippen LogP contribution >= 0.6 is 0 Å². The Morgan fingerprint density at radius 3 is 2.87 bits per heavy atom. The Hall–Kier alpha value is -1.55. The molecule has 1 aromatic carbocycles. The van der Waals surface area contributed by atoms with Crippen LogP contribution in [-0.4, -0.2) is 20.2 Å². The minimum absolute atomic E-state index is 0.283. The van der Waals surface area contributed by atoms with E-state index in [1.165, 1.54) is 7.11 Å². The Kier molecular flexibility index (Phi) is 2.60. The molecule has 15 heavy (non-hydrogen) atoms.